The van der Waals surface area contributed by atoms with Gasteiger partial charge in [-0.1, -0.05) is 6.07 Å². The van der Waals surface area contributed by atoms with Gasteiger partial charge in [-0.2, -0.15) is 0 Å². The van der Waals surface area contributed by atoms with Crippen molar-refractivity contribution in [2.45, 2.75) is 13.3 Å². The van der Waals surface area contributed by atoms with Crippen molar-refractivity contribution >= 4 is 16.9 Å². The molecule has 27 heavy (non-hydrogen) atoms. The first-order chi connectivity index (χ1) is 12.9. The van der Waals surface area contributed by atoms with Gasteiger partial charge < -0.3 is 19.4 Å². The molecular formula is C21H23FN2O3. The number of methoxy groups -OCH3 is 1. The number of aromatic amines is 1. The molecule has 1 heterocycles. The Balaban J connectivity index is 1.95. The second kappa shape index (κ2) is 7.80. The maximum atomic E-state index is 14.4. The molecule has 1 aromatic heterocycles. The summed E-state index contributed by atoms with van der Waals surface area (Å²) in [5.74, 6) is -0.604. The van der Waals surface area contributed by atoms with Crippen molar-refractivity contribution in [3.63, 3.8) is 0 Å². The first-order valence-corrected chi connectivity index (χ1v) is 8.70. The Kier molecular flexibility index (Phi) is 5.46. The van der Waals surface area contributed by atoms with Crippen LogP contribution in [0.1, 0.15) is 21.5 Å². The summed E-state index contributed by atoms with van der Waals surface area (Å²) in [5.41, 5.74) is 2.30. The quantitative estimate of drug-likeness (QED) is 0.527. The van der Waals surface area contributed by atoms with Crippen LogP contribution in [0.4, 0.5) is 4.39 Å². The number of H-pyrrole nitrogens is 1. The largest absolute Gasteiger partial charge is 0.497 e. The van der Waals surface area contributed by atoms with Gasteiger partial charge in [0.2, 0.25) is 0 Å². The molecule has 0 atom stereocenters. The Morgan fingerprint density at radius 2 is 2.04 bits per heavy atom. The predicted molar refractivity (Wildman–Crippen MR) is 103 cm³/mol. The van der Waals surface area contributed by atoms with E-state index in [0.29, 0.717) is 17.1 Å². The third-order valence-electron chi connectivity index (χ3n) is 4.48. The van der Waals surface area contributed by atoms with Gasteiger partial charge in [-0.3, -0.25) is 0 Å². The molecule has 142 valence electrons. The molecule has 0 saturated carbocycles. The minimum atomic E-state index is -0.722. The average molecular weight is 370 g/mol. The van der Waals surface area contributed by atoms with Gasteiger partial charge in [0.1, 0.15) is 17.3 Å². The highest BCUT2D eigenvalue weighted by molar-refractivity contribution is 5.97. The Morgan fingerprint density at radius 3 is 2.70 bits per heavy atom. The number of carbonyl (C=O) groups is 1. The van der Waals surface area contributed by atoms with E-state index in [1.807, 2.05) is 26.4 Å². The number of aromatic nitrogens is 1. The molecule has 1 N–H and O–H groups in total. The molecule has 3 rings (SSSR count). The molecule has 0 aliphatic heterocycles. The minimum absolute atomic E-state index is 0.0850. The van der Waals surface area contributed by atoms with Crippen LogP contribution in [-0.2, 0) is 6.42 Å². The topological polar surface area (TPSA) is 54.6 Å². The third-order valence-corrected chi connectivity index (χ3v) is 4.48. The fourth-order valence-corrected chi connectivity index (χ4v) is 3.09. The van der Waals surface area contributed by atoms with E-state index in [-0.39, 0.29) is 5.56 Å². The minimum Gasteiger partial charge on any atom is -0.497 e. The van der Waals surface area contributed by atoms with Crippen LogP contribution in [0.2, 0.25) is 0 Å². The van der Waals surface area contributed by atoms with E-state index in [2.05, 4.69) is 9.88 Å². The number of ether oxygens (including phenoxy) is 2. The van der Waals surface area contributed by atoms with Crippen LogP contribution in [0.5, 0.6) is 11.5 Å². The van der Waals surface area contributed by atoms with Crippen LogP contribution in [0.3, 0.4) is 0 Å². The number of hydrogen-bond acceptors (Lipinski definition) is 4. The summed E-state index contributed by atoms with van der Waals surface area (Å²) in [6.07, 6.45) is 2.72. The van der Waals surface area contributed by atoms with Crippen LogP contribution in [0.15, 0.2) is 36.5 Å². The van der Waals surface area contributed by atoms with E-state index in [1.165, 1.54) is 13.2 Å². The molecular weight excluding hydrogens is 347 g/mol. The summed E-state index contributed by atoms with van der Waals surface area (Å²) < 4.78 is 25.0. The average Bonchev–Trinajstić information content (AvgIpc) is 3.03. The van der Waals surface area contributed by atoms with Crippen molar-refractivity contribution in [1.29, 1.82) is 0 Å². The van der Waals surface area contributed by atoms with E-state index in [9.17, 15) is 9.18 Å². The van der Waals surface area contributed by atoms with Gasteiger partial charge >= 0.3 is 5.97 Å². The number of halogens is 1. The number of carbonyl (C=O) groups excluding carboxylic acids is 1. The molecule has 0 amide bonds. The number of rotatable bonds is 6. The number of likely N-dealkylation sites (N-methyl/N-ethyl adjacent to an activating group) is 1. The van der Waals surface area contributed by atoms with Gasteiger partial charge in [-0.05, 0) is 56.8 Å². The third kappa shape index (κ3) is 3.95. The number of benzene rings is 2. The lowest BCUT2D eigenvalue weighted by Crippen LogP contribution is -2.15. The maximum absolute atomic E-state index is 14.4. The van der Waals surface area contributed by atoms with Crippen LogP contribution >= 0.6 is 0 Å². The summed E-state index contributed by atoms with van der Waals surface area (Å²) in [4.78, 5) is 18.0. The molecule has 0 fully saturated rings. The fraction of sp³-hybridized carbons (Fsp3) is 0.286. The number of esters is 1. The Morgan fingerprint density at radius 1 is 1.26 bits per heavy atom. The fourth-order valence-electron chi connectivity index (χ4n) is 3.09. The zero-order chi connectivity index (χ0) is 19.6. The summed E-state index contributed by atoms with van der Waals surface area (Å²) in [5, 5.41) is 0.847. The normalized spacial score (nSPS) is 11.2. The molecule has 0 spiro atoms. The Labute approximate surface area is 157 Å². The number of nitrogens with zero attached hydrogens (tertiary/aromatic N) is 1. The SMILES string of the molecule is COc1cc(C)c(C(=O)Oc2cccc3[nH]cc(CCN(C)C)c23)c(F)c1. The summed E-state index contributed by atoms with van der Waals surface area (Å²) in [6.45, 7) is 2.52. The van der Waals surface area contributed by atoms with Crippen molar-refractivity contribution < 1.29 is 18.7 Å². The van der Waals surface area contributed by atoms with E-state index in [1.54, 1.807) is 25.1 Å². The van der Waals surface area contributed by atoms with E-state index in [0.717, 1.165) is 29.4 Å². The molecule has 0 bridgehead atoms. The van der Waals surface area contributed by atoms with Crippen LogP contribution in [0.25, 0.3) is 10.9 Å². The lowest BCUT2D eigenvalue weighted by atomic mass is 10.1. The Hall–Kier alpha value is -2.86. The highest BCUT2D eigenvalue weighted by Gasteiger charge is 2.20. The predicted octanol–water partition coefficient (Wildman–Crippen LogP) is 3.95. The monoisotopic (exact) mass is 370 g/mol. The van der Waals surface area contributed by atoms with Gasteiger partial charge in [-0.25, -0.2) is 9.18 Å². The molecule has 0 saturated heterocycles. The molecule has 0 unspecified atom stereocenters. The van der Waals surface area contributed by atoms with Crippen molar-refractivity contribution in [3.05, 3.63) is 59.0 Å². The lowest BCUT2D eigenvalue weighted by Gasteiger charge is -2.12. The molecule has 0 aliphatic rings. The first kappa shape index (κ1) is 18.9. The van der Waals surface area contributed by atoms with Crippen molar-refractivity contribution in [1.82, 2.24) is 9.88 Å². The van der Waals surface area contributed by atoms with E-state index in [4.69, 9.17) is 9.47 Å². The molecule has 0 aliphatic carbocycles. The van der Waals surface area contributed by atoms with Gasteiger partial charge in [-0.15, -0.1) is 0 Å². The molecule has 3 aromatic rings. The first-order valence-electron chi connectivity index (χ1n) is 8.70. The second-order valence-electron chi connectivity index (χ2n) is 6.74. The zero-order valence-corrected chi connectivity index (χ0v) is 15.9. The molecule has 2 aromatic carbocycles. The number of fused-ring (bicyclic) bond motifs is 1. The second-order valence-corrected chi connectivity index (χ2v) is 6.74. The van der Waals surface area contributed by atoms with E-state index < -0.39 is 11.8 Å². The van der Waals surface area contributed by atoms with Gasteiger partial charge in [0.05, 0.1) is 12.7 Å². The van der Waals surface area contributed by atoms with E-state index >= 15 is 0 Å². The molecule has 0 radical (unpaired) electrons. The van der Waals surface area contributed by atoms with Crippen LogP contribution < -0.4 is 9.47 Å². The van der Waals surface area contributed by atoms with Crippen molar-refractivity contribution in [2.24, 2.45) is 0 Å². The van der Waals surface area contributed by atoms with Crippen LogP contribution in [-0.4, -0.2) is 43.6 Å². The van der Waals surface area contributed by atoms with Crippen molar-refractivity contribution in [3.8, 4) is 11.5 Å². The highest BCUT2D eigenvalue weighted by Crippen LogP contribution is 2.31. The maximum Gasteiger partial charge on any atom is 0.346 e. The smallest absolute Gasteiger partial charge is 0.346 e. The van der Waals surface area contributed by atoms with Gasteiger partial charge in [0.15, 0.2) is 0 Å². The number of hydrogen-bond donors (Lipinski definition) is 1. The molecule has 5 nitrogen and oxygen atoms in total. The summed E-state index contributed by atoms with van der Waals surface area (Å²) in [6, 6.07) is 8.24. The summed E-state index contributed by atoms with van der Waals surface area (Å²) >= 11 is 0. The lowest BCUT2D eigenvalue weighted by molar-refractivity contribution is 0.0731. The summed E-state index contributed by atoms with van der Waals surface area (Å²) in [7, 11) is 5.46. The highest BCUT2D eigenvalue weighted by atomic mass is 19.1. The molecule has 6 heteroatoms. The van der Waals surface area contributed by atoms with Crippen molar-refractivity contribution in [2.75, 3.05) is 27.7 Å². The standard InChI is InChI=1S/C21H23FN2O3/c1-13-10-15(26-4)11-16(22)19(13)21(25)27-18-7-5-6-17-20(18)14(12-23-17)8-9-24(2)3/h5-7,10-12,23H,8-9H2,1-4H3. The zero-order valence-electron chi connectivity index (χ0n) is 15.9. The Bertz CT molecular complexity index is 956. The van der Waals surface area contributed by atoms with Crippen LogP contribution in [0, 0.1) is 12.7 Å². The number of nitrogens with one attached hydrogen (secondary N) is 1. The van der Waals surface area contributed by atoms with Gasteiger partial charge in [0.25, 0.3) is 0 Å². The van der Waals surface area contributed by atoms with Gasteiger partial charge in [0, 0.05) is 29.7 Å². The number of aryl methyl sites for hydroxylation is 1.